The van der Waals surface area contributed by atoms with Crippen LogP contribution in [-0.4, -0.2) is 30.7 Å². The number of hydrogen-bond donors (Lipinski definition) is 1. The molecule has 5 heteroatoms. The third-order valence-corrected chi connectivity index (χ3v) is 4.43. The van der Waals surface area contributed by atoms with Crippen LogP contribution < -0.4 is 10.2 Å². The largest absolute Gasteiger partial charge is 0.351 e. The molecule has 2 aliphatic heterocycles. The average Bonchev–Trinajstić information content (AvgIpc) is 2.83. The molecular formula is C12H15BrFN3. The van der Waals surface area contributed by atoms with Crippen molar-refractivity contribution in [3.05, 3.63) is 22.6 Å². The summed E-state index contributed by atoms with van der Waals surface area (Å²) in [5.74, 6) is 1.52. The molecule has 1 aromatic heterocycles. The van der Waals surface area contributed by atoms with Crippen LogP contribution >= 0.6 is 15.9 Å². The summed E-state index contributed by atoms with van der Waals surface area (Å²) in [4.78, 5) is 6.33. The highest BCUT2D eigenvalue weighted by molar-refractivity contribution is 9.10. The van der Waals surface area contributed by atoms with Crippen molar-refractivity contribution in [2.75, 3.05) is 24.5 Å². The topological polar surface area (TPSA) is 28.2 Å². The first-order valence-corrected chi connectivity index (χ1v) is 6.74. The minimum absolute atomic E-state index is 0.237. The van der Waals surface area contributed by atoms with E-state index in [4.69, 9.17) is 0 Å². The predicted octanol–water partition coefficient (Wildman–Crippen LogP) is 2.03. The van der Waals surface area contributed by atoms with Crippen molar-refractivity contribution in [3.8, 4) is 0 Å². The number of pyridine rings is 1. The lowest BCUT2D eigenvalue weighted by Crippen LogP contribution is -2.34. The van der Waals surface area contributed by atoms with E-state index in [-0.39, 0.29) is 5.82 Å². The van der Waals surface area contributed by atoms with Crippen molar-refractivity contribution in [2.24, 2.45) is 11.8 Å². The monoisotopic (exact) mass is 299 g/mol. The van der Waals surface area contributed by atoms with E-state index < -0.39 is 0 Å². The van der Waals surface area contributed by atoms with Gasteiger partial charge in [0.15, 0.2) is 11.6 Å². The summed E-state index contributed by atoms with van der Waals surface area (Å²) in [6.07, 6.45) is 1.66. The summed E-state index contributed by atoms with van der Waals surface area (Å²) >= 11 is 3.24. The van der Waals surface area contributed by atoms with Gasteiger partial charge in [0.1, 0.15) is 0 Å². The smallest absolute Gasteiger partial charge is 0.166 e. The molecule has 0 bridgehead atoms. The molecule has 3 unspecified atom stereocenters. The van der Waals surface area contributed by atoms with Gasteiger partial charge in [-0.2, -0.15) is 0 Å². The van der Waals surface area contributed by atoms with Crippen molar-refractivity contribution < 1.29 is 4.39 Å². The lowest BCUT2D eigenvalue weighted by Gasteiger charge is -2.25. The molecule has 3 atom stereocenters. The number of rotatable bonds is 1. The first-order valence-electron chi connectivity index (χ1n) is 5.95. The Balaban J connectivity index is 1.90. The van der Waals surface area contributed by atoms with E-state index >= 15 is 0 Å². The maximum atomic E-state index is 13.9. The minimum Gasteiger partial charge on any atom is -0.351 e. The number of halogens is 2. The van der Waals surface area contributed by atoms with Gasteiger partial charge in [-0.05, 0) is 40.8 Å². The summed E-state index contributed by atoms with van der Waals surface area (Å²) in [6, 6.07) is 1.85. The maximum absolute atomic E-state index is 13.9. The van der Waals surface area contributed by atoms with Gasteiger partial charge in [0.2, 0.25) is 0 Å². The predicted molar refractivity (Wildman–Crippen MR) is 68.6 cm³/mol. The van der Waals surface area contributed by atoms with Crippen molar-refractivity contribution >= 4 is 21.7 Å². The van der Waals surface area contributed by atoms with Crippen LogP contribution in [0, 0.1) is 17.7 Å². The van der Waals surface area contributed by atoms with Crippen LogP contribution in [0.1, 0.15) is 6.92 Å². The summed E-state index contributed by atoms with van der Waals surface area (Å²) in [7, 11) is 0. The van der Waals surface area contributed by atoms with Crippen molar-refractivity contribution in [1.29, 1.82) is 0 Å². The Morgan fingerprint density at radius 1 is 1.53 bits per heavy atom. The van der Waals surface area contributed by atoms with Crippen LogP contribution in [0.3, 0.4) is 0 Å². The Bertz CT molecular complexity index is 440. The Kier molecular flexibility index (Phi) is 2.83. The van der Waals surface area contributed by atoms with Crippen LogP contribution in [-0.2, 0) is 0 Å². The molecule has 3 rings (SSSR count). The molecule has 2 fully saturated rings. The van der Waals surface area contributed by atoms with E-state index in [2.05, 4.69) is 38.1 Å². The third kappa shape index (κ3) is 1.85. The molecule has 3 heterocycles. The molecule has 0 radical (unpaired) electrons. The second-order valence-corrected chi connectivity index (χ2v) is 5.85. The molecule has 2 saturated heterocycles. The van der Waals surface area contributed by atoms with Gasteiger partial charge >= 0.3 is 0 Å². The molecule has 0 spiro atoms. The quantitative estimate of drug-likeness (QED) is 0.860. The van der Waals surface area contributed by atoms with Gasteiger partial charge < -0.3 is 10.2 Å². The minimum atomic E-state index is -0.237. The van der Waals surface area contributed by atoms with Gasteiger partial charge in [0.05, 0.1) is 0 Å². The zero-order valence-corrected chi connectivity index (χ0v) is 11.2. The van der Waals surface area contributed by atoms with Gasteiger partial charge in [0, 0.05) is 36.3 Å². The van der Waals surface area contributed by atoms with Gasteiger partial charge in [-0.25, -0.2) is 9.37 Å². The summed E-state index contributed by atoms with van der Waals surface area (Å²) in [5.41, 5.74) is 0. The highest BCUT2D eigenvalue weighted by Gasteiger charge is 2.42. The number of anilines is 1. The van der Waals surface area contributed by atoms with Crippen LogP contribution in [0.4, 0.5) is 10.2 Å². The molecule has 0 amide bonds. The van der Waals surface area contributed by atoms with E-state index in [0.717, 1.165) is 19.6 Å². The van der Waals surface area contributed by atoms with Crippen LogP contribution in [0.25, 0.3) is 0 Å². The second kappa shape index (κ2) is 4.21. The molecule has 92 valence electrons. The van der Waals surface area contributed by atoms with Gasteiger partial charge in [-0.1, -0.05) is 0 Å². The second-order valence-electron chi connectivity index (χ2n) is 4.93. The fraction of sp³-hybridized carbons (Fsp3) is 0.583. The highest BCUT2D eigenvalue weighted by Crippen LogP contribution is 2.36. The molecule has 1 N–H and O–H groups in total. The normalized spacial score (nSPS) is 31.9. The number of nitrogens with zero attached hydrogens (tertiary/aromatic N) is 2. The SMILES string of the molecule is CC1C2CNCC2CN1c1ncc(Br)cc1F. The van der Waals surface area contributed by atoms with E-state index in [1.54, 1.807) is 6.20 Å². The van der Waals surface area contributed by atoms with Gasteiger partial charge in [-0.3, -0.25) is 0 Å². The number of nitrogens with one attached hydrogen (secondary N) is 1. The fourth-order valence-corrected chi connectivity index (χ4v) is 3.37. The molecule has 0 aliphatic carbocycles. The number of hydrogen-bond acceptors (Lipinski definition) is 3. The zero-order chi connectivity index (χ0) is 12.0. The van der Waals surface area contributed by atoms with Gasteiger partial charge in [-0.15, -0.1) is 0 Å². The Morgan fingerprint density at radius 3 is 3.06 bits per heavy atom. The highest BCUT2D eigenvalue weighted by atomic mass is 79.9. The number of aromatic nitrogens is 1. The van der Waals surface area contributed by atoms with Crippen LogP contribution in [0.2, 0.25) is 0 Å². The van der Waals surface area contributed by atoms with E-state index in [1.165, 1.54) is 6.07 Å². The van der Waals surface area contributed by atoms with E-state index in [1.807, 2.05) is 0 Å². The molecule has 0 aromatic carbocycles. The third-order valence-electron chi connectivity index (χ3n) is 3.99. The van der Waals surface area contributed by atoms with Crippen LogP contribution in [0.5, 0.6) is 0 Å². The van der Waals surface area contributed by atoms with E-state index in [0.29, 0.717) is 28.2 Å². The molecule has 1 aromatic rings. The molecule has 3 nitrogen and oxygen atoms in total. The first-order chi connectivity index (χ1) is 8.16. The lowest BCUT2D eigenvalue weighted by molar-refractivity contribution is 0.470. The Morgan fingerprint density at radius 2 is 2.35 bits per heavy atom. The number of fused-ring (bicyclic) bond motifs is 1. The van der Waals surface area contributed by atoms with E-state index in [9.17, 15) is 4.39 Å². The van der Waals surface area contributed by atoms with Crippen molar-refractivity contribution in [2.45, 2.75) is 13.0 Å². The molecular weight excluding hydrogens is 285 g/mol. The van der Waals surface area contributed by atoms with Crippen LogP contribution in [0.15, 0.2) is 16.7 Å². The Labute approximate surface area is 109 Å². The first kappa shape index (κ1) is 11.4. The maximum Gasteiger partial charge on any atom is 0.166 e. The fourth-order valence-electron chi connectivity index (χ4n) is 3.07. The molecule has 17 heavy (non-hydrogen) atoms. The molecule has 0 saturated carbocycles. The zero-order valence-electron chi connectivity index (χ0n) is 9.66. The van der Waals surface area contributed by atoms with Crippen molar-refractivity contribution in [1.82, 2.24) is 10.3 Å². The summed E-state index contributed by atoms with van der Waals surface area (Å²) in [5, 5.41) is 3.40. The van der Waals surface area contributed by atoms with Crippen molar-refractivity contribution in [3.63, 3.8) is 0 Å². The standard InChI is InChI=1S/C12H15BrFN3/c1-7-10-5-15-3-8(10)6-17(7)12-11(14)2-9(13)4-16-12/h2,4,7-8,10,15H,3,5-6H2,1H3. The summed E-state index contributed by atoms with van der Waals surface area (Å²) in [6.45, 7) is 5.16. The Hall–Kier alpha value is -0.680. The summed E-state index contributed by atoms with van der Waals surface area (Å²) < 4.78 is 14.6. The average molecular weight is 300 g/mol. The van der Waals surface area contributed by atoms with Gasteiger partial charge in [0.25, 0.3) is 0 Å². The lowest BCUT2D eigenvalue weighted by atomic mass is 9.95. The molecule has 2 aliphatic rings.